The first-order valence-corrected chi connectivity index (χ1v) is 14.3. The van der Waals surface area contributed by atoms with Crippen molar-refractivity contribution >= 4 is 27.5 Å². The maximum absolute atomic E-state index is 14.7. The van der Waals surface area contributed by atoms with E-state index in [-0.39, 0.29) is 18.5 Å². The second kappa shape index (κ2) is 12.7. The lowest BCUT2D eigenvalue weighted by molar-refractivity contribution is -0.140. The number of benzene rings is 3. The normalized spacial score (nSPS) is 12.0. The summed E-state index contributed by atoms with van der Waals surface area (Å²) in [6, 6.07) is 19.6. The van der Waals surface area contributed by atoms with Crippen LogP contribution in [0.15, 0.2) is 72.8 Å². The third-order valence-corrected chi connectivity index (χ3v) is 7.40. The van der Waals surface area contributed by atoms with Gasteiger partial charge in [0.2, 0.25) is 21.8 Å². The second-order valence-electron chi connectivity index (χ2n) is 9.22. The molecule has 202 valence electrons. The summed E-state index contributed by atoms with van der Waals surface area (Å²) in [5, 5.41) is 2.78. The fourth-order valence-corrected chi connectivity index (χ4v) is 5.40. The Morgan fingerprint density at radius 3 is 2.11 bits per heavy atom. The van der Waals surface area contributed by atoms with Gasteiger partial charge in [0.05, 0.1) is 11.9 Å². The van der Waals surface area contributed by atoms with E-state index < -0.39 is 40.2 Å². The van der Waals surface area contributed by atoms with Gasteiger partial charge in [-0.2, -0.15) is 0 Å². The monoisotopic (exact) mass is 539 g/mol. The van der Waals surface area contributed by atoms with Crippen molar-refractivity contribution in [2.45, 2.75) is 39.8 Å². The molecule has 0 aliphatic heterocycles. The van der Waals surface area contributed by atoms with Gasteiger partial charge in [-0.3, -0.25) is 13.9 Å². The molecule has 0 aliphatic carbocycles. The summed E-state index contributed by atoms with van der Waals surface area (Å²) < 4.78 is 41.6. The zero-order chi connectivity index (χ0) is 27.9. The van der Waals surface area contributed by atoms with E-state index in [1.165, 1.54) is 11.0 Å². The first kappa shape index (κ1) is 28.8. The minimum atomic E-state index is -3.88. The fraction of sp³-hybridized carbons (Fsp3) is 0.310. The highest BCUT2D eigenvalue weighted by Gasteiger charge is 2.33. The predicted octanol–water partition coefficient (Wildman–Crippen LogP) is 3.98. The lowest BCUT2D eigenvalue weighted by atomic mass is 10.0. The van der Waals surface area contributed by atoms with Crippen LogP contribution in [-0.2, 0) is 32.6 Å². The van der Waals surface area contributed by atoms with Gasteiger partial charge >= 0.3 is 0 Å². The van der Waals surface area contributed by atoms with E-state index in [1.54, 1.807) is 51.1 Å². The number of rotatable bonds is 11. The fourth-order valence-electron chi connectivity index (χ4n) is 4.43. The van der Waals surface area contributed by atoms with Gasteiger partial charge in [0.15, 0.2) is 0 Å². The largest absolute Gasteiger partial charge is 0.355 e. The molecule has 3 aromatic carbocycles. The smallest absolute Gasteiger partial charge is 0.244 e. The number of para-hydroxylation sites is 1. The molecule has 0 aliphatic rings. The Balaban J connectivity index is 2.09. The molecular formula is C29H34FN3O4S. The molecule has 0 aromatic heterocycles. The molecule has 3 rings (SSSR count). The first-order valence-electron chi connectivity index (χ1n) is 12.4. The van der Waals surface area contributed by atoms with Crippen LogP contribution in [-0.4, -0.2) is 50.5 Å². The number of nitrogens with zero attached hydrogens (tertiary/aromatic N) is 2. The van der Waals surface area contributed by atoms with Crippen molar-refractivity contribution in [1.29, 1.82) is 0 Å². The number of aryl methyl sites for hydroxylation is 2. The molecule has 9 heteroatoms. The highest BCUT2D eigenvalue weighted by Crippen LogP contribution is 2.27. The summed E-state index contributed by atoms with van der Waals surface area (Å²) in [5.74, 6) is -1.54. The molecular weight excluding hydrogens is 505 g/mol. The summed E-state index contributed by atoms with van der Waals surface area (Å²) in [6.45, 7) is 4.91. The van der Waals surface area contributed by atoms with E-state index in [1.807, 2.05) is 36.4 Å². The van der Waals surface area contributed by atoms with Gasteiger partial charge in [0.1, 0.15) is 18.4 Å². The molecule has 3 aromatic rings. The topological polar surface area (TPSA) is 86.8 Å². The van der Waals surface area contributed by atoms with Crippen molar-refractivity contribution < 1.29 is 22.4 Å². The third kappa shape index (κ3) is 7.19. The predicted molar refractivity (Wildman–Crippen MR) is 148 cm³/mol. The van der Waals surface area contributed by atoms with Crippen molar-refractivity contribution in [3.05, 3.63) is 101 Å². The van der Waals surface area contributed by atoms with Gasteiger partial charge in [-0.15, -0.1) is 0 Å². The molecule has 0 spiro atoms. The van der Waals surface area contributed by atoms with Crippen LogP contribution in [0.2, 0.25) is 0 Å². The third-order valence-electron chi connectivity index (χ3n) is 6.29. The van der Waals surface area contributed by atoms with Crippen LogP contribution in [0.1, 0.15) is 29.2 Å². The van der Waals surface area contributed by atoms with Crippen LogP contribution in [0.4, 0.5) is 10.1 Å². The summed E-state index contributed by atoms with van der Waals surface area (Å²) in [6.07, 6.45) is 1.22. The van der Waals surface area contributed by atoms with Gasteiger partial charge in [-0.25, -0.2) is 12.8 Å². The van der Waals surface area contributed by atoms with Crippen LogP contribution in [0.3, 0.4) is 0 Å². The molecule has 0 unspecified atom stereocenters. The maximum Gasteiger partial charge on any atom is 0.244 e. The number of hydrogen-bond donors (Lipinski definition) is 1. The number of anilines is 1. The molecule has 1 atom stereocenters. The van der Waals surface area contributed by atoms with E-state index >= 15 is 0 Å². The number of likely N-dealkylation sites (N-methyl/N-ethyl adjacent to an activating group) is 1. The van der Waals surface area contributed by atoms with E-state index in [0.717, 1.165) is 16.1 Å². The average molecular weight is 540 g/mol. The van der Waals surface area contributed by atoms with Crippen molar-refractivity contribution in [3.8, 4) is 0 Å². The minimum absolute atomic E-state index is 0.176. The minimum Gasteiger partial charge on any atom is -0.355 e. The Morgan fingerprint density at radius 2 is 1.53 bits per heavy atom. The van der Waals surface area contributed by atoms with Crippen LogP contribution in [0.25, 0.3) is 0 Å². The zero-order valence-electron chi connectivity index (χ0n) is 22.1. The van der Waals surface area contributed by atoms with Gasteiger partial charge < -0.3 is 10.2 Å². The summed E-state index contributed by atoms with van der Waals surface area (Å²) in [5.41, 5.74) is 2.82. The molecule has 0 bridgehead atoms. The first-order chi connectivity index (χ1) is 18.0. The van der Waals surface area contributed by atoms with Crippen LogP contribution >= 0.6 is 0 Å². The lowest BCUT2D eigenvalue weighted by Crippen LogP contribution is -2.53. The maximum atomic E-state index is 14.7. The standard InChI is InChI=1S/C29H34FN3O4S/c1-5-31-29(35)26(18-23-14-7-6-8-15-23)32(19-24-16-9-10-17-25(24)30)27(34)20-33(38(4,36)37)28-21(2)12-11-13-22(28)3/h6-17,26H,5,18-20H2,1-4H3,(H,31,35)/t26-/m1/s1. The van der Waals surface area contributed by atoms with Crippen LogP contribution < -0.4 is 9.62 Å². The number of amides is 2. The number of carbonyl (C=O) groups is 2. The Morgan fingerprint density at radius 1 is 0.921 bits per heavy atom. The van der Waals surface area contributed by atoms with Crippen molar-refractivity contribution in [1.82, 2.24) is 10.2 Å². The van der Waals surface area contributed by atoms with E-state index in [0.29, 0.717) is 23.4 Å². The van der Waals surface area contributed by atoms with E-state index in [2.05, 4.69) is 5.32 Å². The van der Waals surface area contributed by atoms with Crippen molar-refractivity contribution in [3.63, 3.8) is 0 Å². The van der Waals surface area contributed by atoms with Crippen molar-refractivity contribution in [2.24, 2.45) is 0 Å². The van der Waals surface area contributed by atoms with Gasteiger partial charge in [-0.1, -0.05) is 66.7 Å². The van der Waals surface area contributed by atoms with Gasteiger partial charge in [0.25, 0.3) is 0 Å². The molecule has 0 saturated heterocycles. The van der Waals surface area contributed by atoms with Gasteiger partial charge in [-0.05, 0) is 43.5 Å². The number of carbonyl (C=O) groups excluding carboxylic acids is 2. The summed E-state index contributed by atoms with van der Waals surface area (Å²) in [7, 11) is -3.88. The number of sulfonamides is 1. The lowest BCUT2D eigenvalue weighted by Gasteiger charge is -2.34. The number of halogens is 1. The summed E-state index contributed by atoms with van der Waals surface area (Å²) >= 11 is 0. The van der Waals surface area contributed by atoms with E-state index in [9.17, 15) is 22.4 Å². The molecule has 38 heavy (non-hydrogen) atoms. The van der Waals surface area contributed by atoms with Crippen LogP contribution in [0.5, 0.6) is 0 Å². The Hall–Kier alpha value is -3.72. The molecule has 2 amide bonds. The van der Waals surface area contributed by atoms with E-state index in [4.69, 9.17) is 0 Å². The Kier molecular flexibility index (Phi) is 9.63. The highest BCUT2D eigenvalue weighted by atomic mass is 32.2. The molecule has 0 heterocycles. The molecule has 0 radical (unpaired) electrons. The Labute approximate surface area is 224 Å². The van der Waals surface area contributed by atoms with Crippen LogP contribution in [0, 0.1) is 19.7 Å². The molecule has 0 fully saturated rings. The highest BCUT2D eigenvalue weighted by molar-refractivity contribution is 7.92. The molecule has 7 nitrogen and oxygen atoms in total. The SMILES string of the molecule is CCNC(=O)[C@@H](Cc1ccccc1)N(Cc1ccccc1F)C(=O)CN(c1c(C)cccc1C)S(C)(=O)=O. The summed E-state index contributed by atoms with van der Waals surface area (Å²) in [4.78, 5) is 28.5. The average Bonchev–Trinajstić information content (AvgIpc) is 2.86. The molecule has 0 saturated carbocycles. The Bertz CT molecular complexity index is 1360. The zero-order valence-corrected chi connectivity index (χ0v) is 23.0. The number of hydrogen-bond acceptors (Lipinski definition) is 4. The molecule has 1 N–H and O–H groups in total. The number of nitrogens with one attached hydrogen (secondary N) is 1. The quantitative estimate of drug-likeness (QED) is 0.399. The van der Waals surface area contributed by atoms with Crippen molar-refractivity contribution in [2.75, 3.05) is 23.7 Å². The second-order valence-corrected chi connectivity index (χ2v) is 11.1. The van der Waals surface area contributed by atoms with Gasteiger partial charge in [0, 0.05) is 25.1 Å².